The van der Waals surface area contributed by atoms with Gasteiger partial charge in [0.25, 0.3) is 0 Å². The van der Waals surface area contributed by atoms with Gasteiger partial charge in [-0.1, -0.05) is 0 Å². The highest BCUT2D eigenvalue weighted by atomic mass is 32.1. The van der Waals surface area contributed by atoms with Gasteiger partial charge in [0.15, 0.2) is 23.0 Å². The van der Waals surface area contributed by atoms with E-state index < -0.39 is 10.8 Å². The number of fused-ring (bicyclic) bond motifs is 3. The average Bonchev–Trinajstić information content (AvgIpc) is 3.69. The summed E-state index contributed by atoms with van der Waals surface area (Å²) in [7, 11) is 6.71. The van der Waals surface area contributed by atoms with Gasteiger partial charge < -0.3 is 37.9 Å². The van der Waals surface area contributed by atoms with E-state index in [1.54, 1.807) is 62.4 Å². The van der Waals surface area contributed by atoms with Crippen molar-refractivity contribution >= 4 is 56.7 Å². The molecule has 3 aliphatic heterocycles. The van der Waals surface area contributed by atoms with Gasteiger partial charge in [0.05, 0.1) is 68.1 Å². The van der Waals surface area contributed by atoms with Crippen molar-refractivity contribution in [3.8, 4) is 42.5 Å². The molecule has 0 atom stereocenters. The lowest BCUT2D eigenvalue weighted by atomic mass is 9.92. The van der Waals surface area contributed by atoms with Crippen molar-refractivity contribution in [1.29, 1.82) is 0 Å². The molecule has 216 valence electrons. The summed E-state index contributed by atoms with van der Waals surface area (Å²) in [5.41, 5.74) is 0.879. The molecule has 3 aromatic heterocycles. The highest BCUT2D eigenvalue weighted by molar-refractivity contribution is 7.58. The first-order valence-corrected chi connectivity index (χ1v) is 15.8. The van der Waals surface area contributed by atoms with Gasteiger partial charge in [0.1, 0.15) is 37.8 Å². The number of ether oxygens (including phenoxy) is 8. The third-order valence-corrected chi connectivity index (χ3v) is 10.8. The molecule has 0 saturated heterocycles. The molecular weight excluding hydrogens is 597 g/mol. The molecule has 3 aromatic rings. The van der Waals surface area contributed by atoms with E-state index in [1.165, 1.54) is 11.4 Å². The van der Waals surface area contributed by atoms with E-state index in [9.17, 15) is 0 Å². The van der Waals surface area contributed by atoms with Crippen LogP contribution >= 0.6 is 34.0 Å². The maximum absolute atomic E-state index is 6.42. The van der Waals surface area contributed by atoms with Crippen LogP contribution in [0.5, 0.6) is 23.0 Å². The second-order valence-electron chi connectivity index (χ2n) is 10.1. The van der Waals surface area contributed by atoms with Crippen LogP contribution in [0.4, 0.5) is 11.4 Å². The predicted octanol–water partition coefficient (Wildman–Crippen LogP) is 6.03. The van der Waals surface area contributed by atoms with E-state index in [2.05, 4.69) is 8.73 Å². The zero-order chi connectivity index (χ0) is 27.7. The largest absolute Gasteiger partial charge is 0.488 e. The minimum absolute atomic E-state index is 0.400. The first kappa shape index (κ1) is 28.1. The highest BCUT2D eigenvalue weighted by Gasteiger charge is 2.40. The molecule has 0 aromatic carbocycles. The Bertz CT molecular complexity index is 1330. The van der Waals surface area contributed by atoms with E-state index >= 15 is 0 Å². The Balaban J connectivity index is 1.34. The van der Waals surface area contributed by atoms with E-state index in [0.717, 1.165) is 53.9 Å². The lowest BCUT2D eigenvalue weighted by Crippen LogP contribution is -2.42. The summed E-state index contributed by atoms with van der Waals surface area (Å²) in [6.07, 6.45) is 0. The summed E-state index contributed by atoms with van der Waals surface area (Å²) < 4.78 is 56.6. The smallest absolute Gasteiger partial charge is 0.180 e. The normalized spacial score (nSPS) is 18.2. The highest BCUT2D eigenvalue weighted by Crippen LogP contribution is 2.61. The molecule has 10 nitrogen and oxygen atoms in total. The second kappa shape index (κ2) is 11.7. The Kier molecular flexibility index (Phi) is 8.21. The maximum Gasteiger partial charge on any atom is 0.180 e. The summed E-state index contributed by atoms with van der Waals surface area (Å²) >= 11 is 5.99. The number of rotatable bonds is 10. The van der Waals surface area contributed by atoms with Crippen LogP contribution in [0.25, 0.3) is 19.5 Å². The number of hydrogen-bond acceptors (Lipinski definition) is 13. The van der Waals surface area contributed by atoms with Gasteiger partial charge in [-0.15, -0.1) is 34.0 Å². The SMILES string of the molecule is COCC1(COC)COc2csc(-c3sc(-c4scc5c4OCC(COC)(COC)CO5)c4c3N=S=N4)c2OC1. The average molecular weight is 627 g/mol. The first-order valence-electron chi connectivity index (χ1n) is 12.5. The number of methoxy groups -OCH3 is 4. The molecule has 40 heavy (non-hydrogen) atoms. The van der Waals surface area contributed by atoms with Crippen LogP contribution in [-0.4, -0.2) is 81.3 Å². The summed E-state index contributed by atoms with van der Waals surface area (Å²) in [5.74, 6) is 2.87. The lowest BCUT2D eigenvalue weighted by molar-refractivity contribution is -0.0360. The second-order valence-corrected chi connectivity index (χ2v) is 13.4. The van der Waals surface area contributed by atoms with E-state index in [-0.39, 0.29) is 0 Å². The number of nitrogens with zero attached hydrogens (tertiary/aromatic N) is 2. The fourth-order valence-corrected chi connectivity index (χ4v) is 9.09. The fourth-order valence-electron chi connectivity index (χ4n) is 5.08. The van der Waals surface area contributed by atoms with E-state index in [1.807, 2.05) is 10.8 Å². The molecule has 6 rings (SSSR count). The maximum atomic E-state index is 6.42. The van der Waals surface area contributed by atoms with Crippen LogP contribution < -0.4 is 18.9 Å². The molecule has 0 N–H and O–H groups in total. The molecule has 14 heteroatoms. The van der Waals surface area contributed by atoms with Crippen molar-refractivity contribution in [3.63, 3.8) is 0 Å². The summed E-state index contributed by atoms with van der Waals surface area (Å²) in [4.78, 5) is 3.91. The fraction of sp³-hybridized carbons (Fsp3) is 0.538. The van der Waals surface area contributed by atoms with Crippen LogP contribution in [0.15, 0.2) is 19.5 Å². The van der Waals surface area contributed by atoms with Gasteiger partial charge in [-0.2, -0.15) is 8.73 Å². The van der Waals surface area contributed by atoms with Crippen molar-refractivity contribution in [2.45, 2.75) is 0 Å². The summed E-state index contributed by atoms with van der Waals surface area (Å²) in [5, 5.41) is 3.98. The number of hydrogen-bond donors (Lipinski definition) is 0. The zero-order valence-electron chi connectivity index (χ0n) is 22.6. The van der Waals surface area contributed by atoms with Crippen molar-refractivity contribution in [2.24, 2.45) is 19.6 Å². The molecule has 0 radical (unpaired) electrons. The molecule has 0 unspecified atom stereocenters. The standard InChI is InChI=1S/C26H30N2O8S4/c1-29-7-25(8-30-2)11-33-15-5-37-23(19(15)35-13-25)21-17-18(28-40-27-17)22(39-21)24-20-16(6-38-24)34-12-26(9-31-3,10-32-4)14-36-20/h5-6H,7-14H2,1-4H3. The van der Waals surface area contributed by atoms with E-state index in [0.29, 0.717) is 52.9 Å². The Morgan fingerprint density at radius 1 is 0.625 bits per heavy atom. The molecule has 0 fully saturated rings. The molecule has 0 amide bonds. The van der Waals surface area contributed by atoms with Gasteiger partial charge in [-0.05, 0) is 0 Å². The minimum Gasteiger partial charge on any atom is -0.488 e. The van der Waals surface area contributed by atoms with Crippen molar-refractivity contribution in [3.05, 3.63) is 10.8 Å². The predicted molar refractivity (Wildman–Crippen MR) is 157 cm³/mol. The number of thiophene rings is 3. The molecule has 0 spiro atoms. The Morgan fingerprint density at radius 2 is 1.02 bits per heavy atom. The first-order chi connectivity index (χ1) is 19.6. The Morgan fingerprint density at radius 3 is 1.43 bits per heavy atom. The summed E-state index contributed by atoms with van der Waals surface area (Å²) in [6.45, 7) is 3.57. The third kappa shape index (κ3) is 4.98. The third-order valence-electron chi connectivity index (χ3n) is 6.88. The lowest BCUT2D eigenvalue weighted by Gasteiger charge is -2.29. The van der Waals surface area contributed by atoms with Crippen LogP contribution in [-0.2, 0) is 30.3 Å². The van der Waals surface area contributed by atoms with E-state index in [4.69, 9.17) is 37.9 Å². The van der Waals surface area contributed by atoms with Gasteiger partial charge in [-0.3, -0.25) is 0 Å². The van der Waals surface area contributed by atoms with Crippen LogP contribution in [0.2, 0.25) is 0 Å². The molecule has 6 heterocycles. The topological polar surface area (TPSA) is 98.6 Å². The van der Waals surface area contributed by atoms with Crippen LogP contribution in [0.1, 0.15) is 0 Å². The minimum atomic E-state index is -0.400. The van der Waals surface area contributed by atoms with Gasteiger partial charge in [-0.25, -0.2) is 0 Å². The van der Waals surface area contributed by atoms with Crippen molar-refractivity contribution in [1.82, 2.24) is 0 Å². The summed E-state index contributed by atoms with van der Waals surface area (Å²) in [6, 6.07) is 0. The molecular formula is C26H30N2O8S4. The van der Waals surface area contributed by atoms with Gasteiger partial charge >= 0.3 is 0 Å². The van der Waals surface area contributed by atoms with Gasteiger partial charge in [0.2, 0.25) is 0 Å². The van der Waals surface area contributed by atoms with Crippen LogP contribution in [0.3, 0.4) is 0 Å². The quantitative estimate of drug-likeness (QED) is 0.210. The molecule has 0 saturated carbocycles. The Labute approximate surface area is 247 Å². The van der Waals surface area contributed by atoms with Crippen LogP contribution in [0, 0.1) is 10.8 Å². The zero-order valence-corrected chi connectivity index (χ0v) is 25.9. The molecule has 3 aliphatic rings. The monoisotopic (exact) mass is 626 g/mol. The van der Waals surface area contributed by atoms with Crippen molar-refractivity contribution < 1.29 is 37.9 Å². The molecule has 0 bridgehead atoms. The Hall–Kier alpha value is -2.04. The molecule has 0 aliphatic carbocycles. The van der Waals surface area contributed by atoms with Gasteiger partial charge in [0, 0.05) is 39.2 Å². The van der Waals surface area contributed by atoms with Crippen molar-refractivity contribution in [2.75, 3.05) is 81.3 Å².